The molecule has 2 aromatic rings. The highest BCUT2D eigenvalue weighted by Crippen LogP contribution is 2.18. The molecule has 124 valence electrons. The number of hydrogen-bond acceptors (Lipinski definition) is 5. The number of aromatic nitrogens is 3. The summed E-state index contributed by atoms with van der Waals surface area (Å²) in [6, 6.07) is 9.62. The standard InChI is InChI=1S/C17H24N4O2/c22-16(12-23-17-6-2-1-3-7-17)11-20-8-4-5-15(9-20)10-21-14-18-13-19-21/h1-3,6-7,13-16,22H,4-5,8-12H2/t15-,16+/m0/s1. The van der Waals surface area contributed by atoms with E-state index in [1.807, 2.05) is 35.0 Å². The fourth-order valence-electron chi connectivity index (χ4n) is 3.12. The Hall–Kier alpha value is -1.92. The van der Waals surface area contributed by atoms with Gasteiger partial charge in [0.15, 0.2) is 0 Å². The molecule has 6 nitrogen and oxygen atoms in total. The van der Waals surface area contributed by atoms with Crippen LogP contribution in [0.4, 0.5) is 0 Å². The molecule has 23 heavy (non-hydrogen) atoms. The van der Waals surface area contributed by atoms with Crippen LogP contribution in [-0.4, -0.2) is 57.1 Å². The number of nitrogens with zero attached hydrogens (tertiary/aromatic N) is 4. The van der Waals surface area contributed by atoms with Crippen molar-refractivity contribution in [2.75, 3.05) is 26.2 Å². The first-order valence-electron chi connectivity index (χ1n) is 8.20. The number of ether oxygens (including phenoxy) is 1. The number of aliphatic hydroxyl groups is 1. The molecular weight excluding hydrogens is 292 g/mol. The molecule has 0 radical (unpaired) electrons. The molecule has 1 saturated heterocycles. The van der Waals surface area contributed by atoms with Crippen molar-refractivity contribution in [3.63, 3.8) is 0 Å². The minimum atomic E-state index is -0.472. The normalized spacial score (nSPS) is 20.3. The molecule has 2 atom stereocenters. The molecule has 0 spiro atoms. The van der Waals surface area contributed by atoms with Crippen LogP contribution in [0.15, 0.2) is 43.0 Å². The summed E-state index contributed by atoms with van der Waals surface area (Å²) in [5, 5.41) is 14.4. The van der Waals surface area contributed by atoms with Crippen molar-refractivity contribution in [1.29, 1.82) is 0 Å². The third-order valence-electron chi connectivity index (χ3n) is 4.17. The van der Waals surface area contributed by atoms with Crippen molar-refractivity contribution in [3.05, 3.63) is 43.0 Å². The van der Waals surface area contributed by atoms with Gasteiger partial charge >= 0.3 is 0 Å². The lowest BCUT2D eigenvalue weighted by atomic mass is 9.98. The Morgan fingerprint density at radius 3 is 2.96 bits per heavy atom. The molecule has 0 aliphatic carbocycles. The van der Waals surface area contributed by atoms with Crippen molar-refractivity contribution < 1.29 is 9.84 Å². The second-order valence-corrected chi connectivity index (χ2v) is 6.16. The number of β-amino-alcohol motifs (C(OH)–C–C–N with tert-alkyl or cyclic N) is 1. The summed E-state index contributed by atoms with van der Waals surface area (Å²) in [5.41, 5.74) is 0. The maximum Gasteiger partial charge on any atom is 0.137 e. The van der Waals surface area contributed by atoms with Crippen LogP contribution in [0.5, 0.6) is 5.75 Å². The highest BCUT2D eigenvalue weighted by molar-refractivity contribution is 5.20. The molecule has 2 heterocycles. The Bertz CT molecular complexity index is 561. The number of likely N-dealkylation sites (tertiary alicyclic amines) is 1. The average molecular weight is 316 g/mol. The Morgan fingerprint density at radius 1 is 1.30 bits per heavy atom. The van der Waals surface area contributed by atoms with E-state index in [-0.39, 0.29) is 0 Å². The number of piperidine rings is 1. The van der Waals surface area contributed by atoms with E-state index in [1.54, 1.807) is 12.7 Å². The zero-order valence-electron chi connectivity index (χ0n) is 13.3. The zero-order valence-corrected chi connectivity index (χ0v) is 13.3. The minimum absolute atomic E-state index is 0.328. The fraction of sp³-hybridized carbons (Fsp3) is 0.529. The van der Waals surface area contributed by atoms with Gasteiger partial charge in [-0.3, -0.25) is 4.68 Å². The molecule has 0 unspecified atom stereocenters. The molecule has 0 bridgehead atoms. The fourth-order valence-corrected chi connectivity index (χ4v) is 3.12. The second kappa shape index (κ2) is 8.08. The molecule has 6 heteroatoms. The molecule has 1 aromatic heterocycles. The van der Waals surface area contributed by atoms with E-state index >= 15 is 0 Å². The van der Waals surface area contributed by atoms with E-state index < -0.39 is 6.10 Å². The van der Waals surface area contributed by atoms with E-state index in [1.165, 1.54) is 6.42 Å². The first-order chi connectivity index (χ1) is 11.3. The van der Waals surface area contributed by atoms with Crippen LogP contribution in [0.3, 0.4) is 0 Å². The Kier molecular flexibility index (Phi) is 5.60. The average Bonchev–Trinajstić information content (AvgIpc) is 3.07. The largest absolute Gasteiger partial charge is 0.491 e. The van der Waals surface area contributed by atoms with Crippen molar-refractivity contribution in [1.82, 2.24) is 19.7 Å². The third kappa shape index (κ3) is 5.04. The van der Waals surface area contributed by atoms with Gasteiger partial charge in [-0.2, -0.15) is 5.10 Å². The van der Waals surface area contributed by atoms with Crippen molar-refractivity contribution in [2.24, 2.45) is 5.92 Å². The summed E-state index contributed by atoms with van der Waals surface area (Å²) >= 11 is 0. The van der Waals surface area contributed by atoms with Gasteiger partial charge in [0.1, 0.15) is 31.1 Å². The maximum atomic E-state index is 10.2. The first kappa shape index (κ1) is 16.0. The van der Waals surface area contributed by atoms with Crippen LogP contribution in [0.25, 0.3) is 0 Å². The number of aliphatic hydroxyl groups excluding tert-OH is 1. The summed E-state index contributed by atoms with van der Waals surface area (Å²) in [4.78, 5) is 6.31. The van der Waals surface area contributed by atoms with Crippen molar-refractivity contribution >= 4 is 0 Å². The van der Waals surface area contributed by atoms with Gasteiger partial charge < -0.3 is 14.7 Å². The number of hydrogen-bond donors (Lipinski definition) is 1. The monoisotopic (exact) mass is 316 g/mol. The van der Waals surface area contributed by atoms with Crippen LogP contribution in [0.2, 0.25) is 0 Å². The van der Waals surface area contributed by atoms with Gasteiger partial charge in [-0.05, 0) is 37.4 Å². The van der Waals surface area contributed by atoms with E-state index in [4.69, 9.17) is 4.74 Å². The highest BCUT2D eigenvalue weighted by atomic mass is 16.5. The van der Waals surface area contributed by atoms with Crippen molar-refractivity contribution in [2.45, 2.75) is 25.5 Å². The lowest BCUT2D eigenvalue weighted by Crippen LogP contribution is -2.42. The van der Waals surface area contributed by atoms with Crippen LogP contribution < -0.4 is 4.74 Å². The van der Waals surface area contributed by atoms with Gasteiger partial charge in [-0.15, -0.1) is 0 Å². The molecule has 1 N–H and O–H groups in total. The minimum Gasteiger partial charge on any atom is -0.491 e. The van der Waals surface area contributed by atoms with Gasteiger partial charge in [0.2, 0.25) is 0 Å². The van der Waals surface area contributed by atoms with Gasteiger partial charge in [-0.25, -0.2) is 4.98 Å². The SMILES string of the molecule is O[C@@H](COc1ccccc1)CN1CCC[C@H](Cn2cncn2)C1. The molecule has 3 rings (SSSR count). The zero-order chi connectivity index (χ0) is 15.9. The summed E-state index contributed by atoms with van der Waals surface area (Å²) in [6.07, 6.45) is 5.23. The van der Waals surface area contributed by atoms with Gasteiger partial charge in [0.25, 0.3) is 0 Å². The Labute approximate surface area is 136 Å². The number of benzene rings is 1. The molecular formula is C17H24N4O2. The summed E-state index contributed by atoms with van der Waals surface area (Å²) in [5.74, 6) is 1.36. The maximum absolute atomic E-state index is 10.2. The molecule has 0 saturated carbocycles. The summed E-state index contributed by atoms with van der Waals surface area (Å²) in [6.45, 7) is 3.90. The summed E-state index contributed by atoms with van der Waals surface area (Å²) < 4.78 is 7.51. The predicted molar refractivity (Wildman–Crippen MR) is 87.1 cm³/mol. The first-order valence-corrected chi connectivity index (χ1v) is 8.20. The molecule has 1 aromatic carbocycles. The van der Waals surface area contributed by atoms with E-state index in [0.717, 1.165) is 31.8 Å². The highest BCUT2D eigenvalue weighted by Gasteiger charge is 2.22. The van der Waals surface area contributed by atoms with Crippen molar-refractivity contribution in [3.8, 4) is 5.75 Å². The lowest BCUT2D eigenvalue weighted by Gasteiger charge is -2.33. The van der Waals surface area contributed by atoms with Crippen LogP contribution in [0.1, 0.15) is 12.8 Å². The Balaban J connectivity index is 1.41. The lowest BCUT2D eigenvalue weighted by molar-refractivity contribution is 0.0495. The predicted octanol–water partition coefficient (Wildman–Crippen LogP) is 1.43. The van der Waals surface area contributed by atoms with Crippen LogP contribution >= 0.6 is 0 Å². The van der Waals surface area contributed by atoms with Gasteiger partial charge in [-0.1, -0.05) is 18.2 Å². The molecule has 0 amide bonds. The molecule has 1 fully saturated rings. The third-order valence-corrected chi connectivity index (χ3v) is 4.17. The van der Waals surface area contributed by atoms with Crippen LogP contribution in [0, 0.1) is 5.92 Å². The topological polar surface area (TPSA) is 63.4 Å². The summed E-state index contributed by atoms with van der Waals surface area (Å²) in [7, 11) is 0. The number of para-hydroxylation sites is 1. The van der Waals surface area contributed by atoms with Crippen LogP contribution in [-0.2, 0) is 6.54 Å². The number of rotatable bonds is 7. The van der Waals surface area contributed by atoms with E-state index in [0.29, 0.717) is 19.1 Å². The molecule has 1 aliphatic heterocycles. The van der Waals surface area contributed by atoms with E-state index in [9.17, 15) is 5.11 Å². The molecule has 1 aliphatic rings. The van der Waals surface area contributed by atoms with Gasteiger partial charge in [0.05, 0.1) is 0 Å². The second-order valence-electron chi connectivity index (χ2n) is 6.16. The smallest absolute Gasteiger partial charge is 0.137 e. The van der Waals surface area contributed by atoms with E-state index in [2.05, 4.69) is 15.0 Å². The Morgan fingerprint density at radius 2 is 2.17 bits per heavy atom. The quantitative estimate of drug-likeness (QED) is 0.837. The van der Waals surface area contributed by atoms with Gasteiger partial charge in [0, 0.05) is 19.6 Å².